The third-order valence-corrected chi connectivity index (χ3v) is 4.71. The molecule has 30 heavy (non-hydrogen) atoms. The van der Waals surface area contributed by atoms with E-state index in [4.69, 9.17) is 5.73 Å². The zero-order chi connectivity index (χ0) is 21.5. The molecule has 4 aromatic rings. The number of halogens is 3. The number of hydrogen-bond acceptors (Lipinski definition) is 5. The lowest BCUT2D eigenvalue weighted by Crippen LogP contribution is -2.08. The molecule has 0 saturated carbocycles. The van der Waals surface area contributed by atoms with Crippen LogP contribution in [-0.2, 0) is 12.6 Å². The van der Waals surface area contributed by atoms with Crippen molar-refractivity contribution in [1.29, 1.82) is 0 Å². The number of aromatic nitrogens is 4. The Hall–Kier alpha value is -3.62. The van der Waals surface area contributed by atoms with Crippen molar-refractivity contribution in [3.63, 3.8) is 0 Å². The minimum atomic E-state index is -4.39. The Kier molecular flexibility index (Phi) is 4.81. The highest BCUT2D eigenvalue weighted by Gasteiger charge is 2.29. The van der Waals surface area contributed by atoms with Gasteiger partial charge < -0.3 is 11.1 Å². The van der Waals surface area contributed by atoms with Crippen LogP contribution in [0.3, 0.4) is 0 Å². The van der Waals surface area contributed by atoms with Crippen LogP contribution in [0.25, 0.3) is 17.0 Å². The van der Waals surface area contributed by atoms with Gasteiger partial charge in [-0.3, -0.25) is 4.57 Å². The zero-order valence-corrected chi connectivity index (χ0v) is 16.3. The van der Waals surface area contributed by atoms with Gasteiger partial charge in [-0.2, -0.15) is 23.1 Å². The standard InChI is InChI=1S/C21H19F3N6/c1-3-13-4-9-16-17(10-13)30(12(2)26-16)20-28-18(25)11-19(29-20)27-15-7-5-14(6-8-15)21(22,23)24/h4-11H,3H2,1-2H3,(H3,25,27,28,29). The van der Waals surface area contributed by atoms with E-state index in [1.54, 1.807) is 0 Å². The first-order valence-corrected chi connectivity index (χ1v) is 9.32. The molecule has 154 valence electrons. The highest BCUT2D eigenvalue weighted by Crippen LogP contribution is 2.30. The first-order valence-electron chi connectivity index (χ1n) is 9.32. The van der Waals surface area contributed by atoms with E-state index >= 15 is 0 Å². The predicted molar refractivity (Wildman–Crippen MR) is 110 cm³/mol. The molecular formula is C21H19F3N6. The van der Waals surface area contributed by atoms with Crippen molar-refractivity contribution in [2.24, 2.45) is 0 Å². The number of benzene rings is 2. The molecule has 2 heterocycles. The van der Waals surface area contributed by atoms with Gasteiger partial charge in [0.2, 0.25) is 5.95 Å². The summed E-state index contributed by atoms with van der Waals surface area (Å²) >= 11 is 0. The number of nitrogen functional groups attached to an aromatic ring is 1. The lowest BCUT2D eigenvalue weighted by molar-refractivity contribution is -0.137. The van der Waals surface area contributed by atoms with Gasteiger partial charge in [-0.25, -0.2) is 4.98 Å². The van der Waals surface area contributed by atoms with Crippen molar-refractivity contribution in [3.8, 4) is 5.95 Å². The maximum absolute atomic E-state index is 12.8. The van der Waals surface area contributed by atoms with E-state index in [0.29, 0.717) is 23.3 Å². The van der Waals surface area contributed by atoms with E-state index in [-0.39, 0.29) is 5.82 Å². The molecule has 4 rings (SSSR count). The average Bonchev–Trinajstić information content (AvgIpc) is 3.02. The highest BCUT2D eigenvalue weighted by atomic mass is 19.4. The van der Waals surface area contributed by atoms with Crippen LogP contribution in [0, 0.1) is 6.92 Å². The first kappa shape index (κ1) is 19.7. The van der Waals surface area contributed by atoms with Gasteiger partial charge in [-0.05, 0) is 55.3 Å². The summed E-state index contributed by atoms with van der Waals surface area (Å²) < 4.78 is 40.1. The number of imidazole rings is 1. The van der Waals surface area contributed by atoms with Gasteiger partial charge in [0.1, 0.15) is 17.5 Å². The molecule has 9 heteroatoms. The fourth-order valence-corrected chi connectivity index (χ4v) is 3.22. The van der Waals surface area contributed by atoms with Gasteiger partial charge in [-0.15, -0.1) is 0 Å². The Morgan fingerprint density at radius 2 is 1.73 bits per heavy atom. The summed E-state index contributed by atoms with van der Waals surface area (Å²) in [6.45, 7) is 3.92. The third-order valence-electron chi connectivity index (χ3n) is 4.71. The van der Waals surface area contributed by atoms with E-state index < -0.39 is 11.7 Å². The number of anilines is 3. The maximum Gasteiger partial charge on any atom is 0.416 e. The summed E-state index contributed by atoms with van der Waals surface area (Å²) in [6.07, 6.45) is -3.51. The molecule has 0 amide bonds. The number of hydrogen-bond donors (Lipinski definition) is 2. The van der Waals surface area contributed by atoms with E-state index in [1.165, 1.54) is 18.2 Å². The van der Waals surface area contributed by atoms with Gasteiger partial charge in [0.15, 0.2) is 0 Å². The lowest BCUT2D eigenvalue weighted by Gasteiger charge is -2.12. The van der Waals surface area contributed by atoms with E-state index in [1.807, 2.05) is 29.7 Å². The topological polar surface area (TPSA) is 81.7 Å². The van der Waals surface area contributed by atoms with Crippen LogP contribution in [0.15, 0.2) is 48.5 Å². The van der Waals surface area contributed by atoms with Crippen LogP contribution >= 0.6 is 0 Å². The molecule has 0 fully saturated rings. The van der Waals surface area contributed by atoms with Gasteiger partial charge in [0, 0.05) is 11.8 Å². The SMILES string of the molecule is CCc1ccc2nc(C)n(-c3nc(N)cc(Nc4ccc(C(F)(F)F)cc4)n3)c2c1. The molecule has 0 aliphatic rings. The molecule has 0 atom stereocenters. The predicted octanol–water partition coefficient (Wildman–Crippen LogP) is 5.03. The highest BCUT2D eigenvalue weighted by molar-refractivity contribution is 5.78. The summed E-state index contributed by atoms with van der Waals surface area (Å²) in [5.74, 6) is 1.62. The van der Waals surface area contributed by atoms with Crippen LogP contribution in [-0.4, -0.2) is 19.5 Å². The average molecular weight is 412 g/mol. The van der Waals surface area contributed by atoms with Crippen LogP contribution in [0.4, 0.5) is 30.5 Å². The maximum atomic E-state index is 12.8. The smallest absolute Gasteiger partial charge is 0.383 e. The minimum Gasteiger partial charge on any atom is -0.383 e. The summed E-state index contributed by atoms with van der Waals surface area (Å²) in [5, 5.41) is 2.98. The van der Waals surface area contributed by atoms with Crippen molar-refractivity contribution in [2.45, 2.75) is 26.4 Å². The number of fused-ring (bicyclic) bond motifs is 1. The zero-order valence-electron chi connectivity index (χ0n) is 16.3. The van der Waals surface area contributed by atoms with Gasteiger partial charge in [0.25, 0.3) is 0 Å². The number of rotatable bonds is 4. The summed E-state index contributed by atoms with van der Waals surface area (Å²) in [5.41, 5.74) is 8.53. The van der Waals surface area contributed by atoms with E-state index in [2.05, 4.69) is 27.2 Å². The number of alkyl halides is 3. The second-order valence-electron chi connectivity index (χ2n) is 6.85. The van der Waals surface area contributed by atoms with Gasteiger partial charge in [0.05, 0.1) is 16.6 Å². The normalized spacial score (nSPS) is 11.8. The quantitative estimate of drug-likeness (QED) is 0.491. The molecule has 0 spiro atoms. The second-order valence-corrected chi connectivity index (χ2v) is 6.85. The van der Waals surface area contributed by atoms with Crippen molar-refractivity contribution < 1.29 is 13.2 Å². The second kappa shape index (κ2) is 7.33. The fourth-order valence-electron chi connectivity index (χ4n) is 3.22. The Morgan fingerprint density at radius 3 is 2.40 bits per heavy atom. The summed E-state index contributed by atoms with van der Waals surface area (Å²) in [7, 11) is 0. The molecule has 3 N–H and O–H groups in total. The molecule has 0 saturated heterocycles. The van der Waals surface area contributed by atoms with E-state index in [9.17, 15) is 13.2 Å². The molecule has 0 radical (unpaired) electrons. The van der Waals surface area contributed by atoms with Crippen molar-refractivity contribution in [2.75, 3.05) is 11.1 Å². The molecule has 2 aromatic heterocycles. The number of nitrogens with two attached hydrogens (primary N) is 1. The molecule has 0 bridgehead atoms. The van der Waals surface area contributed by atoms with Crippen LogP contribution in [0.1, 0.15) is 23.9 Å². The summed E-state index contributed by atoms with van der Waals surface area (Å²) in [4.78, 5) is 13.4. The van der Waals surface area contributed by atoms with Gasteiger partial charge >= 0.3 is 6.18 Å². The Morgan fingerprint density at radius 1 is 1.00 bits per heavy atom. The number of aryl methyl sites for hydroxylation is 2. The molecule has 2 aromatic carbocycles. The van der Waals surface area contributed by atoms with Crippen molar-refractivity contribution >= 4 is 28.4 Å². The number of nitrogens with one attached hydrogen (secondary N) is 1. The van der Waals surface area contributed by atoms with Crippen LogP contribution < -0.4 is 11.1 Å². The van der Waals surface area contributed by atoms with Gasteiger partial charge in [-0.1, -0.05) is 13.0 Å². The largest absolute Gasteiger partial charge is 0.416 e. The van der Waals surface area contributed by atoms with Crippen LogP contribution in [0.5, 0.6) is 0 Å². The van der Waals surface area contributed by atoms with E-state index in [0.717, 1.165) is 35.2 Å². The minimum absolute atomic E-state index is 0.224. The van der Waals surface area contributed by atoms with Crippen molar-refractivity contribution in [1.82, 2.24) is 19.5 Å². The first-order chi connectivity index (χ1) is 14.2. The monoisotopic (exact) mass is 412 g/mol. The summed E-state index contributed by atoms with van der Waals surface area (Å²) in [6, 6.07) is 12.2. The fraction of sp³-hybridized carbons (Fsp3) is 0.190. The molecule has 6 nitrogen and oxygen atoms in total. The molecule has 0 unspecified atom stereocenters. The Balaban J connectivity index is 1.72. The van der Waals surface area contributed by atoms with Crippen molar-refractivity contribution in [3.05, 3.63) is 65.5 Å². The number of nitrogens with zero attached hydrogens (tertiary/aromatic N) is 4. The Bertz CT molecular complexity index is 1210. The molecule has 0 aliphatic carbocycles. The Labute approximate surface area is 170 Å². The molecular weight excluding hydrogens is 393 g/mol. The third kappa shape index (κ3) is 3.78. The lowest BCUT2D eigenvalue weighted by atomic mass is 10.1. The van der Waals surface area contributed by atoms with Crippen LogP contribution in [0.2, 0.25) is 0 Å². The molecule has 0 aliphatic heterocycles.